The van der Waals surface area contributed by atoms with E-state index in [2.05, 4.69) is 35.7 Å². The number of rotatable bonds is 11. The molecular weight excluding hydrogens is 646 g/mol. The van der Waals surface area contributed by atoms with E-state index in [1.807, 2.05) is 19.1 Å². The second kappa shape index (κ2) is 15.3. The number of nitrogens with one attached hydrogen (secondary N) is 3. The summed E-state index contributed by atoms with van der Waals surface area (Å²) in [6, 6.07) is 10.9. The maximum atomic E-state index is 13.8. The molecule has 0 spiro atoms. The van der Waals surface area contributed by atoms with E-state index < -0.39 is 23.5 Å². The van der Waals surface area contributed by atoms with Crippen molar-refractivity contribution in [3.63, 3.8) is 0 Å². The van der Waals surface area contributed by atoms with E-state index in [0.717, 1.165) is 63.3 Å². The number of morpholine rings is 2. The molecule has 49 heavy (non-hydrogen) atoms. The summed E-state index contributed by atoms with van der Waals surface area (Å²) < 4.78 is 66.2. The number of alkyl halides is 3. The molecule has 16 heteroatoms. The minimum Gasteiger partial charge on any atom is -0.379 e. The molecule has 0 unspecified atom stereocenters. The standard InChI is InChI=1S/C33H37F4N9O3/c1-22-2-4-24(41-32(47)23-3-5-27(34)26(16-23)33(35,36)37)17-28(22)42-31-18-25(20-45-10-14-49-15-11-45)43-46(31)30-19-29(39-21-40-30)38-6-7-44-8-12-48-13-9-44/h2-5,16-19,21,42H,6-15,20H2,1H3,(H,41,47)(H,38,39,40). The van der Waals surface area contributed by atoms with Gasteiger partial charge in [0.15, 0.2) is 5.82 Å². The zero-order chi connectivity index (χ0) is 34.4. The molecule has 2 fully saturated rings. The van der Waals surface area contributed by atoms with Crippen LogP contribution in [0.1, 0.15) is 27.2 Å². The summed E-state index contributed by atoms with van der Waals surface area (Å²) in [4.78, 5) is 26.4. The summed E-state index contributed by atoms with van der Waals surface area (Å²) in [7, 11) is 0. The predicted octanol–water partition coefficient (Wildman–Crippen LogP) is 4.70. The first-order valence-corrected chi connectivity index (χ1v) is 15.9. The van der Waals surface area contributed by atoms with Crippen LogP contribution in [0.2, 0.25) is 0 Å². The van der Waals surface area contributed by atoms with Crippen LogP contribution in [0.5, 0.6) is 0 Å². The van der Waals surface area contributed by atoms with Crippen LogP contribution >= 0.6 is 0 Å². The molecule has 0 radical (unpaired) electrons. The molecule has 6 rings (SSSR count). The van der Waals surface area contributed by atoms with Crippen molar-refractivity contribution >= 4 is 28.9 Å². The quantitative estimate of drug-likeness (QED) is 0.192. The molecule has 260 valence electrons. The topological polar surface area (TPSA) is 122 Å². The summed E-state index contributed by atoms with van der Waals surface area (Å²) in [5.74, 6) is -0.493. The van der Waals surface area contributed by atoms with Crippen molar-refractivity contribution in [2.24, 2.45) is 0 Å². The number of anilines is 4. The molecule has 0 atom stereocenters. The van der Waals surface area contributed by atoms with E-state index in [1.165, 1.54) is 6.33 Å². The molecule has 2 aromatic heterocycles. The number of hydrogen-bond acceptors (Lipinski definition) is 10. The lowest BCUT2D eigenvalue weighted by Gasteiger charge is -2.26. The first kappa shape index (κ1) is 34.2. The molecule has 2 aliphatic heterocycles. The fourth-order valence-corrected chi connectivity index (χ4v) is 5.55. The lowest BCUT2D eigenvalue weighted by atomic mass is 10.1. The van der Waals surface area contributed by atoms with E-state index in [9.17, 15) is 22.4 Å². The highest BCUT2D eigenvalue weighted by atomic mass is 19.4. The summed E-state index contributed by atoms with van der Waals surface area (Å²) >= 11 is 0. The van der Waals surface area contributed by atoms with E-state index in [-0.39, 0.29) is 5.56 Å². The van der Waals surface area contributed by atoms with Gasteiger partial charge in [-0.15, -0.1) is 0 Å². The number of hydrogen-bond donors (Lipinski definition) is 3. The number of carbonyl (C=O) groups is 1. The fraction of sp³-hybridized carbons (Fsp3) is 0.394. The van der Waals surface area contributed by atoms with Gasteiger partial charge in [-0.25, -0.2) is 14.4 Å². The first-order valence-electron chi connectivity index (χ1n) is 15.9. The maximum Gasteiger partial charge on any atom is 0.419 e. The first-order chi connectivity index (χ1) is 23.6. The third-order valence-electron chi connectivity index (χ3n) is 8.25. The third-order valence-corrected chi connectivity index (χ3v) is 8.25. The van der Waals surface area contributed by atoms with Gasteiger partial charge in [0.2, 0.25) is 0 Å². The van der Waals surface area contributed by atoms with Gasteiger partial charge in [0.25, 0.3) is 5.91 Å². The zero-order valence-electron chi connectivity index (χ0n) is 26.9. The van der Waals surface area contributed by atoms with Gasteiger partial charge in [0.1, 0.15) is 23.8 Å². The average Bonchev–Trinajstić information content (AvgIpc) is 3.48. The highest BCUT2D eigenvalue weighted by Crippen LogP contribution is 2.32. The Bertz CT molecular complexity index is 1760. The highest BCUT2D eigenvalue weighted by Gasteiger charge is 2.34. The molecule has 3 N–H and O–H groups in total. The lowest BCUT2D eigenvalue weighted by Crippen LogP contribution is -2.39. The van der Waals surface area contributed by atoms with Crippen molar-refractivity contribution in [3.8, 4) is 5.82 Å². The third kappa shape index (κ3) is 8.89. The van der Waals surface area contributed by atoms with E-state index in [4.69, 9.17) is 14.6 Å². The Morgan fingerprint density at radius 3 is 2.39 bits per heavy atom. The number of amides is 1. The van der Waals surface area contributed by atoms with Crippen LogP contribution in [0.15, 0.2) is 54.9 Å². The Labute approximate surface area is 280 Å². The van der Waals surface area contributed by atoms with Gasteiger partial charge in [-0.05, 0) is 42.8 Å². The summed E-state index contributed by atoms with van der Waals surface area (Å²) in [6.07, 6.45) is -3.46. The Kier molecular flexibility index (Phi) is 10.7. The van der Waals surface area contributed by atoms with Gasteiger partial charge in [-0.1, -0.05) is 6.07 Å². The largest absolute Gasteiger partial charge is 0.419 e. The second-order valence-electron chi connectivity index (χ2n) is 11.8. The summed E-state index contributed by atoms with van der Waals surface area (Å²) in [6.45, 7) is 10.1. The highest BCUT2D eigenvalue weighted by molar-refractivity contribution is 6.04. The van der Waals surface area contributed by atoms with Crippen LogP contribution in [0, 0.1) is 12.7 Å². The number of aryl methyl sites for hydroxylation is 1. The molecule has 4 aromatic rings. The van der Waals surface area contributed by atoms with Gasteiger partial charge < -0.3 is 25.4 Å². The van der Waals surface area contributed by atoms with E-state index in [1.54, 1.807) is 22.9 Å². The van der Waals surface area contributed by atoms with Crippen molar-refractivity contribution in [3.05, 3.63) is 83.1 Å². The number of benzene rings is 2. The number of ether oxygens (including phenoxy) is 2. The van der Waals surface area contributed by atoms with Gasteiger partial charge in [-0.2, -0.15) is 23.0 Å². The Balaban J connectivity index is 1.23. The van der Waals surface area contributed by atoms with Gasteiger partial charge in [0.05, 0.1) is 37.7 Å². The number of carbonyl (C=O) groups excluding carboxylic acids is 1. The SMILES string of the molecule is Cc1ccc(NC(=O)c2ccc(F)c(C(F)(F)F)c2)cc1Nc1cc(CN2CCOCC2)nn1-c1cc(NCCN2CCOCC2)ncn1. The van der Waals surface area contributed by atoms with Crippen LogP contribution in [0.25, 0.3) is 5.82 Å². The molecule has 2 aliphatic rings. The minimum atomic E-state index is -4.94. The van der Waals surface area contributed by atoms with E-state index in [0.29, 0.717) is 67.3 Å². The van der Waals surface area contributed by atoms with Crippen LogP contribution < -0.4 is 16.0 Å². The predicted molar refractivity (Wildman–Crippen MR) is 175 cm³/mol. The van der Waals surface area contributed by atoms with Gasteiger partial charge in [0, 0.05) is 74.9 Å². The van der Waals surface area contributed by atoms with Crippen molar-refractivity contribution in [2.75, 3.05) is 81.6 Å². The molecule has 0 aliphatic carbocycles. The van der Waals surface area contributed by atoms with Crippen molar-refractivity contribution in [2.45, 2.75) is 19.6 Å². The molecule has 2 saturated heterocycles. The van der Waals surface area contributed by atoms with Gasteiger partial charge in [-0.3, -0.25) is 14.6 Å². The van der Waals surface area contributed by atoms with Crippen LogP contribution in [0.4, 0.5) is 40.6 Å². The Morgan fingerprint density at radius 1 is 0.918 bits per heavy atom. The molecule has 1 amide bonds. The van der Waals surface area contributed by atoms with Gasteiger partial charge >= 0.3 is 6.18 Å². The van der Waals surface area contributed by atoms with Crippen LogP contribution in [0.3, 0.4) is 0 Å². The van der Waals surface area contributed by atoms with Crippen molar-refractivity contribution < 1.29 is 31.8 Å². The smallest absolute Gasteiger partial charge is 0.379 e. The molecule has 4 heterocycles. The summed E-state index contributed by atoms with van der Waals surface area (Å²) in [5.41, 5.74) is 0.730. The monoisotopic (exact) mass is 683 g/mol. The fourth-order valence-electron chi connectivity index (χ4n) is 5.55. The maximum absolute atomic E-state index is 13.8. The minimum absolute atomic E-state index is 0.323. The molecular formula is C33H37F4N9O3. The lowest BCUT2D eigenvalue weighted by molar-refractivity contribution is -0.140. The van der Waals surface area contributed by atoms with Crippen molar-refractivity contribution in [1.29, 1.82) is 0 Å². The van der Waals surface area contributed by atoms with Crippen molar-refractivity contribution in [1.82, 2.24) is 29.5 Å². The summed E-state index contributed by atoms with van der Waals surface area (Å²) in [5, 5.41) is 14.3. The average molecular weight is 684 g/mol. The molecule has 0 bridgehead atoms. The number of halogens is 4. The van der Waals surface area contributed by atoms with Crippen LogP contribution in [-0.4, -0.2) is 101 Å². The Hall–Kier alpha value is -4.64. The molecule has 12 nitrogen and oxygen atoms in total. The number of nitrogens with zero attached hydrogens (tertiary/aromatic N) is 6. The zero-order valence-corrected chi connectivity index (χ0v) is 26.9. The van der Waals surface area contributed by atoms with E-state index >= 15 is 0 Å². The molecule has 0 saturated carbocycles. The normalized spacial score (nSPS) is 16.0. The Morgan fingerprint density at radius 2 is 1.65 bits per heavy atom. The number of aromatic nitrogens is 4. The van der Waals surface area contributed by atoms with Crippen LogP contribution in [-0.2, 0) is 22.2 Å². The molecule has 2 aromatic carbocycles. The second-order valence-corrected chi connectivity index (χ2v) is 11.8.